The fraction of sp³-hybridized carbons (Fsp3) is 0.167. The molecule has 17 heavy (non-hydrogen) atoms. The van der Waals surface area contributed by atoms with Crippen molar-refractivity contribution in [2.45, 2.75) is 6.92 Å². The van der Waals surface area contributed by atoms with Crippen LogP contribution in [0.15, 0.2) is 34.6 Å². The number of thiazole rings is 1. The maximum Gasteiger partial charge on any atom is 0.212 e. The van der Waals surface area contributed by atoms with Gasteiger partial charge in [0, 0.05) is 10.9 Å². The molecule has 0 radical (unpaired) electrons. The summed E-state index contributed by atoms with van der Waals surface area (Å²) in [4.78, 5) is 8.22. The first-order valence-corrected chi connectivity index (χ1v) is 6.03. The van der Waals surface area contributed by atoms with E-state index in [1.54, 1.807) is 23.6 Å². The molecule has 5 heteroatoms. The Bertz CT molecular complexity index is 525. The quantitative estimate of drug-likeness (QED) is 0.613. The number of nitrogens with zero attached hydrogens (tertiary/aromatic N) is 2. The second kappa shape index (κ2) is 5.54. The van der Waals surface area contributed by atoms with E-state index >= 15 is 0 Å². The van der Waals surface area contributed by atoms with Gasteiger partial charge in [-0.15, -0.1) is 11.3 Å². The van der Waals surface area contributed by atoms with E-state index in [0.717, 1.165) is 0 Å². The van der Waals surface area contributed by atoms with Gasteiger partial charge in [0.1, 0.15) is 5.82 Å². The molecule has 0 bridgehead atoms. The van der Waals surface area contributed by atoms with E-state index in [4.69, 9.17) is 4.74 Å². The van der Waals surface area contributed by atoms with Gasteiger partial charge in [0.2, 0.25) is 5.13 Å². The number of halogens is 1. The van der Waals surface area contributed by atoms with Crippen molar-refractivity contribution in [3.63, 3.8) is 0 Å². The van der Waals surface area contributed by atoms with Crippen LogP contribution in [0.5, 0.6) is 0 Å². The molecule has 0 aliphatic heterocycles. The second-order valence-corrected chi connectivity index (χ2v) is 4.02. The number of benzene rings is 1. The SMILES string of the molecule is CCO/C=N/c1nc(-c2ccccc2F)cs1. The zero-order chi connectivity index (χ0) is 12.1. The lowest BCUT2D eigenvalue weighted by Crippen LogP contribution is -1.84. The molecule has 1 aromatic heterocycles. The summed E-state index contributed by atoms with van der Waals surface area (Å²) >= 11 is 1.35. The molecule has 0 amide bonds. The number of aromatic nitrogens is 1. The van der Waals surface area contributed by atoms with Gasteiger partial charge in [0.05, 0.1) is 12.3 Å². The number of hydrogen-bond donors (Lipinski definition) is 0. The monoisotopic (exact) mass is 250 g/mol. The molecule has 0 saturated heterocycles. The Kier molecular flexibility index (Phi) is 3.82. The Hall–Kier alpha value is -1.75. The van der Waals surface area contributed by atoms with E-state index in [1.807, 2.05) is 6.92 Å². The van der Waals surface area contributed by atoms with Crippen molar-refractivity contribution in [3.8, 4) is 11.3 Å². The van der Waals surface area contributed by atoms with Crippen molar-refractivity contribution >= 4 is 22.9 Å². The fourth-order valence-electron chi connectivity index (χ4n) is 1.27. The molecule has 0 N–H and O–H groups in total. The third-order valence-electron chi connectivity index (χ3n) is 2.05. The van der Waals surface area contributed by atoms with Gasteiger partial charge in [0.15, 0.2) is 6.40 Å². The maximum atomic E-state index is 13.5. The highest BCUT2D eigenvalue weighted by atomic mass is 32.1. The topological polar surface area (TPSA) is 34.5 Å². The van der Waals surface area contributed by atoms with E-state index in [9.17, 15) is 4.39 Å². The minimum atomic E-state index is -0.280. The summed E-state index contributed by atoms with van der Waals surface area (Å²) in [6.07, 6.45) is 1.35. The highest BCUT2D eigenvalue weighted by Crippen LogP contribution is 2.27. The summed E-state index contributed by atoms with van der Waals surface area (Å²) in [5, 5.41) is 2.33. The summed E-state index contributed by atoms with van der Waals surface area (Å²) in [5.41, 5.74) is 1.08. The Morgan fingerprint density at radius 2 is 2.29 bits per heavy atom. The molecule has 2 rings (SSSR count). The van der Waals surface area contributed by atoms with Crippen LogP contribution >= 0.6 is 11.3 Å². The predicted octanol–water partition coefficient (Wildman–Crippen LogP) is 3.65. The van der Waals surface area contributed by atoms with Gasteiger partial charge >= 0.3 is 0 Å². The van der Waals surface area contributed by atoms with E-state index in [1.165, 1.54) is 23.8 Å². The molecule has 88 valence electrons. The number of hydrogen-bond acceptors (Lipinski definition) is 4. The van der Waals surface area contributed by atoms with Crippen LogP contribution < -0.4 is 0 Å². The molecule has 3 nitrogen and oxygen atoms in total. The van der Waals surface area contributed by atoms with Crippen LogP contribution in [0.25, 0.3) is 11.3 Å². The van der Waals surface area contributed by atoms with Gasteiger partial charge in [-0.25, -0.2) is 9.37 Å². The minimum Gasteiger partial charge on any atom is -0.483 e. The fourth-order valence-corrected chi connectivity index (χ4v) is 1.92. The molecule has 0 aliphatic carbocycles. The van der Waals surface area contributed by atoms with Crippen molar-refractivity contribution < 1.29 is 9.13 Å². The first-order valence-electron chi connectivity index (χ1n) is 5.16. The molecule has 1 heterocycles. The Morgan fingerprint density at radius 3 is 3.06 bits per heavy atom. The lowest BCUT2D eigenvalue weighted by Gasteiger charge is -1.96. The molecule has 2 aromatic rings. The standard InChI is InChI=1S/C12H11FN2OS/c1-2-16-8-14-12-15-11(7-17-12)9-5-3-4-6-10(9)13/h3-8H,2H2,1H3/b14-8+. The first-order chi connectivity index (χ1) is 8.31. The van der Waals surface area contributed by atoms with E-state index in [-0.39, 0.29) is 5.82 Å². The first kappa shape index (κ1) is 11.7. The minimum absolute atomic E-state index is 0.280. The lowest BCUT2D eigenvalue weighted by atomic mass is 10.2. The van der Waals surface area contributed by atoms with Gasteiger partial charge in [-0.2, -0.15) is 4.99 Å². The Balaban J connectivity index is 2.21. The summed E-state index contributed by atoms with van der Waals surface area (Å²) < 4.78 is 18.5. The molecular weight excluding hydrogens is 239 g/mol. The average molecular weight is 250 g/mol. The van der Waals surface area contributed by atoms with Crippen molar-refractivity contribution in [1.29, 1.82) is 0 Å². The van der Waals surface area contributed by atoms with Crippen LogP contribution in [0.3, 0.4) is 0 Å². The molecule has 0 unspecified atom stereocenters. The molecule has 0 saturated carbocycles. The molecule has 0 aliphatic rings. The van der Waals surface area contributed by atoms with Gasteiger partial charge in [0.25, 0.3) is 0 Å². The van der Waals surface area contributed by atoms with Crippen LogP contribution in [0.1, 0.15) is 6.92 Å². The van der Waals surface area contributed by atoms with E-state index in [2.05, 4.69) is 9.98 Å². The number of ether oxygens (including phenoxy) is 1. The molecular formula is C12H11FN2OS. The molecule has 1 aromatic carbocycles. The van der Waals surface area contributed by atoms with Gasteiger partial charge < -0.3 is 4.74 Å². The van der Waals surface area contributed by atoms with E-state index in [0.29, 0.717) is 23.0 Å². The smallest absolute Gasteiger partial charge is 0.212 e. The van der Waals surface area contributed by atoms with Gasteiger partial charge in [-0.1, -0.05) is 12.1 Å². The zero-order valence-electron chi connectivity index (χ0n) is 9.26. The van der Waals surface area contributed by atoms with Crippen molar-refractivity contribution in [2.75, 3.05) is 6.61 Å². The van der Waals surface area contributed by atoms with E-state index < -0.39 is 0 Å². The Labute approximate surface area is 103 Å². The zero-order valence-corrected chi connectivity index (χ0v) is 10.1. The van der Waals surface area contributed by atoms with Crippen LogP contribution in [0.2, 0.25) is 0 Å². The highest BCUT2D eigenvalue weighted by molar-refractivity contribution is 7.13. The maximum absolute atomic E-state index is 13.5. The van der Waals surface area contributed by atoms with Gasteiger partial charge in [-0.05, 0) is 19.1 Å². The molecule has 0 atom stereocenters. The summed E-state index contributed by atoms with van der Waals surface area (Å²) in [6.45, 7) is 2.44. The van der Waals surface area contributed by atoms with Gasteiger partial charge in [-0.3, -0.25) is 0 Å². The highest BCUT2D eigenvalue weighted by Gasteiger charge is 2.07. The number of aliphatic imine (C=N–C) groups is 1. The van der Waals surface area contributed by atoms with Crippen LogP contribution in [-0.2, 0) is 4.74 Å². The van der Waals surface area contributed by atoms with Crippen molar-refractivity contribution in [2.24, 2.45) is 4.99 Å². The van der Waals surface area contributed by atoms with Crippen LogP contribution in [0, 0.1) is 5.82 Å². The Morgan fingerprint density at radius 1 is 1.47 bits per heavy atom. The normalized spacial score (nSPS) is 10.9. The lowest BCUT2D eigenvalue weighted by molar-refractivity contribution is 0.344. The third kappa shape index (κ3) is 2.88. The van der Waals surface area contributed by atoms with Crippen LogP contribution in [-0.4, -0.2) is 18.0 Å². The van der Waals surface area contributed by atoms with Crippen LogP contribution in [0.4, 0.5) is 9.52 Å². The predicted molar refractivity (Wildman–Crippen MR) is 67.3 cm³/mol. The second-order valence-electron chi connectivity index (χ2n) is 3.19. The summed E-state index contributed by atoms with van der Waals surface area (Å²) in [7, 11) is 0. The largest absolute Gasteiger partial charge is 0.483 e. The number of rotatable bonds is 4. The third-order valence-corrected chi connectivity index (χ3v) is 2.79. The molecule has 0 spiro atoms. The summed E-state index contributed by atoms with van der Waals surface area (Å²) in [5.74, 6) is -0.280. The van der Waals surface area contributed by atoms with Crippen molar-refractivity contribution in [3.05, 3.63) is 35.5 Å². The molecule has 0 fully saturated rings. The van der Waals surface area contributed by atoms with Crippen molar-refractivity contribution in [1.82, 2.24) is 4.98 Å². The average Bonchev–Trinajstić information content (AvgIpc) is 2.79. The summed E-state index contributed by atoms with van der Waals surface area (Å²) in [6, 6.07) is 6.54.